The van der Waals surface area contributed by atoms with Crippen molar-refractivity contribution in [1.82, 2.24) is 15.1 Å². The highest BCUT2D eigenvalue weighted by Gasteiger charge is 2.48. The molecule has 2 fully saturated rings. The normalized spacial score (nSPS) is 27.4. The van der Waals surface area contributed by atoms with Gasteiger partial charge in [-0.15, -0.1) is 0 Å². The van der Waals surface area contributed by atoms with E-state index in [1.54, 1.807) is 0 Å². The van der Waals surface area contributed by atoms with Crippen molar-refractivity contribution < 1.29 is 0 Å². The maximum atomic E-state index is 3.46. The molecule has 2 aliphatic heterocycles. The van der Waals surface area contributed by atoms with Crippen molar-refractivity contribution in [3.8, 4) is 0 Å². The van der Waals surface area contributed by atoms with E-state index in [2.05, 4.69) is 49.7 Å². The van der Waals surface area contributed by atoms with Gasteiger partial charge in [0.2, 0.25) is 0 Å². The third kappa shape index (κ3) is 2.01. The summed E-state index contributed by atoms with van der Waals surface area (Å²) < 4.78 is 0. The number of piperazine rings is 1. The fraction of sp³-hybridized carbons (Fsp3) is 1.00. The maximum absolute atomic E-state index is 3.46. The number of nitrogens with zero attached hydrogens (tertiary/aromatic N) is 2. The lowest BCUT2D eigenvalue weighted by molar-refractivity contribution is -0.0779. The molecule has 0 unspecified atom stereocenters. The van der Waals surface area contributed by atoms with Gasteiger partial charge in [0.05, 0.1) is 5.54 Å². The van der Waals surface area contributed by atoms with Crippen LogP contribution in [0, 0.1) is 0 Å². The van der Waals surface area contributed by atoms with Gasteiger partial charge in [-0.25, -0.2) is 0 Å². The molecular formula is C13H27N3. The fourth-order valence-electron chi connectivity index (χ4n) is 3.10. The standard InChI is InChI=1S/C13H27N3/c1-11(2)16-7-6-15(12(3,4)5)10-13(16)8-14-9-13/h11,14H,6-10H2,1-5H3. The molecule has 0 aromatic rings. The van der Waals surface area contributed by atoms with Crippen LogP contribution in [-0.2, 0) is 0 Å². The molecule has 2 heterocycles. The van der Waals surface area contributed by atoms with Crippen molar-refractivity contribution in [1.29, 1.82) is 0 Å². The highest BCUT2D eigenvalue weighted by molar-refractivity contribution is 5.08. The van der Waals surface area contributed by atoms with Crippen LogP contribution in [0.3, 0.4) is 0 Å². The summed E-state index contributed by atoms with van der Waals surface area (Å²) >= 11 is 0. The van der Waals surface area contributed by atoms with Crippen LogP contribution in [0.5, 0.6) is 0 Å². The molecule has 2 aliphatic rings. The van der Waals surface area contributed by atoms with E-state index in [-0.39, 0.29) is 0 Å². The van der Waals surface area contributed by atoms with Gasteiger partial charge in [0.25, 0.3) is 0 Å². The number of nitrogens with one attached hydrogen (secondary N) is 1. The summed E-state index contributed by atoms with van der Waals surface area (Å²) in [6, 6.07) is 0.671. The number of hydrogen-bond donors (Lipinski definition) is 1. The Balaban J connectivity index is 2.10. The van der Waals surface area contributed by atoms with Crippen molar-refractivity contribution in [3.05, 3.63) is 0 Å². The van der Waals surface area contributed by atoms with E-state index in [0.29, 0.717) is 17.1 Å². The minimum atomic E-state index is 0.311. The van der Waals surface area contributed by atoms with E-state index in [1.807, 2.05) is 0 Å². The molecule has 0 amide bonds. The van der Waals surface area contributed by atoms with Gasteiger partial charge in [-0.1, -0.05) is 0 Å². The van der Waals surface area contributed by atoms with Gasteiger partial charge in [-0.3, -0.25) is 9.80 Å². The van der Waals surface area contributed by atoms with Crippen LogP contribution in [0.1, 0.15) is 34.6 Å². The highest BCUT2D eigenvalue weighted by Crippen LogP contribution is 2.31. The van der Waals surface area contributed by atoms with Gasteiger partial charge in [0.15, 0.2) is 0 Å². The predicted octanol–water partition coefficient (Wildman–Crippen LogP) is 1.15. The minimum absolute atomic E-state index is 0.311. The first-order valence-electron chi connectivity index (χ1n) is 6.58. The zero-order valence-electron chi connectivity index (χ0n) is 11.5. The molecule has 2 rings (SSSR count). The van der Waals surface area contributed by atoms with Crippen LogP contribution in [-0.4, -0.2) is 59.6 Å². The molecule has 0 atom stereocenters. The quantitative estimate of drug-likeness (QED) is 0.722. The molecule has 16 heavy (non-hydrogen) atoms. The van der Waals surface area contributed by atoms with Crippen molar-refractivity contribution in [3.63, 3.8) is 0 Å². The van der Waals surface area contributed by atoms with Crippen LogP contribution < -0.4 is 5.32 Å². The highest BCUT2D eigenvalue weighted by atomic mass is 15.4. The lowest BCUT2D eigenvalue weighted by atomic mass is 9.84. The lowest BCUT2D eigenvalue weighted by Gasteiger charge is -2.59. The molecule has 2 saturated heterocycles. The molecule has 0 saturated carbocycles. The molecule has 1 spiro atoms. The fourth-order valence-corrected chi connectivity index (χ4v) is 3.10. The smallest absolute Gasteiger partial charge is 0.0588 e. The SMILES string of the molecule is CC(C)N1CCN(C(C)(C)C)CC12CNC2. The van der Waals surface area contributed by atoms with E-state index in [9.17, 15) is 0 Å². The number of hydrogen-bond acceptors (Lipinski definition) is 3. The van der Waals surface area contributed by atoms with Gasteiger partial charge in [0, 0.05) is 44.3 Å². The molecule has 0 bridgehead atoms. The maximum Gasteiger partial charge on any atom is 0.0588 e. The van der Waals surface area contributed by atoms with Gasteiger partial charge in [-0.05, 0) is 34.6 Å². The van der Waals surface area contributed by atoms with Crippen LogP contribution >= 0.6 is 0 Å². The van der Waals surface area contributed by atoms with Gasteiger partial charge in [0.1, 0.15) is 0 Å². The summed E-state index contributed by atoms with van der Waals surface area (Å²) in [5.41, 5.74) is 0.728. The van der Waals surface area contributed by atoms with Crippen LogP contribution in [0.15, 0.2) is 0 Å². The minimum Gasteiger partial charge on any atom is -0.313 e. The Morgan fingerprint density at radius 1 is 1.12 bits per heavy atom. The zero-order valence-corrected chi connectivity index (χ0v) is 11.5. The van der Waals surface area contributed by atoms with Crippen molar-refractivity contribution in [2.75, 3.05) is 32.7 Å². The summed E-state index contributed by atoms with van der Waals surface area (Å²) in [6.45, 7) is 17.6. The van der Waals surface area contributed by atoms with E-state index in [4.69, 9.17) is 0 Å². The molecule has 0 aliphatic carbocycles. The third-order valence-corrected chi connectivity index (χ3v) is 4.19. The zero-order chi connectivity index (χ0) is 12.0. The van der Waals surface area contributed by atoms with Gasteiger partial charge >= 0.3 is 0 Å². The molecule has 0 aromatic carbocycles. The van der Waals surface area contributed by atoms with Crippen molar-refractivity contribution in [2.24, 2.45) is 0 Å². The third-order valence-electron chi connectivity index (χ3n) is 4.19. The van der Waals surface area contributed by atoms with E-state index < -0.39 is 0 Å². The van der Waals surface area contributed by atoms with Gasteiger partial charge in [-0.2, -0.15) is 0 Å². The van der Waals surface area contributed by atoms with E-state index >= 15 is 0 Å². The second-order valence-electron chi connectivity index (χ2n) is 6.71. The molecular weight excluding hydrogens is 198 g/mol. The average molecular weight is 225 g/mol. The summed E-state index contributed by atoms with van der Waals surface area (Å²) in [5.74, 6) is 0. The first-order valence-corrected chi connectivity index (χ1v) is 6.58. The van der Waals surface area contributed by atoms with Crippen molar-refractivity contribution >= 4 is 0 Å². The summed E-state index contributed by atoms with van der Waals surface area (Å²) in [7, 11) is 0. The Kier molecular flexibility index (Phi) is 3.06. The van der Waals surface area contributed by atoms with E-state index in [0.717, 1.165) is 13.1 Å². The second-order valence-corrected chi connectivity index (χ2v) is 6.71. The Bertz CT molecular complexity index is 250. The number of rotatable bonds is 1. The average Bonchev–Trinajstić information content (AvgIpc) is 2.12. The Morgan fingerprint density at radius 2 is 1.75 bits per heavy atom. The Labute approximate surface area is 100 Å². The first kappa shape index (κ1) is 12.3. The second kappa shape index (κ2) is 3.97. The molecule has 0 radical (unpaired) electrons. The Morgan fingerprint density at radius 3 is 2.12 bits per heavy atom. The molecule has 94 valence electrons. The monoisotopic (exact) mass is 225 g/mol. The summed E-state index contributed by atoms with van der Waals surface area (Å²) in [5, 5.41) is 3.46. The van der Waals surface area contributed by atoms with Crippen LogP contribution in [0.25, 0.3) is 0 Å². The van der Waals surface area contributed by atoms with Crippen LogP contribution in [0.4, 0.5) is 0 Å². The molecule has 1 N–H and O–H groups in total. The summed E-state index contributed by atoms with van der Waals surface area (Å²) in [4.78, 5) is 5.35. The topological polar surface area (TPSA) is 18.5 Å². The van der Waals surface area contributed by atoms with Gasteiger partial charge < -0.3 is 5.32 Å². The van der Waals surface area contributed by atoms with E-state index in [1.165, 1.54) is 19.6 Å². The first-order chi connectivity index (χ1) is 7.35. The Hall–Kier alpha value is -0.120. The lowest BCUT2D eigenvalue weighted by Crippen LogP contribution is -2.78. The van der Waals surface area contributed by atoms with Crippen LogP contribution in [0.2, 0.25) is 0 Å². The molecule has 3 heteroatoms. The molecule has 3 nitrogen and oxygen atoms in total. The molecule has 0 aromatic heterocycles. The van der Waals surface area contributed by atoms with Crippen molar-refractivity contribution in [2.45, 2.75) is 51.7 Å². The summed E-state index contributed by atoms with van der Waals surface area (Å²) in [6.07, 6.45) is 0. The largest absolute Gasteiger partial charge is 0.313 e. The predicted molar refractivity (Wildman–Crippen MR) is 68.8 cm³/mol.